The van der Waals surface area contributed by atoms with E-state index in [1.807, 2.05) is 11.8 Å². The van der Waals surface area contributed by atoms with E-state index in [4.69, 9.17) is 0 Å². The fourth-order valence-corrected chi connectivity index (χ4v) is 1.81. The Morgan fingerprint density at radius 3 is 2.54 bits per heavy atom. The Balaban J connectivity index is 2.73. The molecule has 13 heavy (non-hydrogen) atoms. The van der Waals surface area contributed by atoms with Gasteiger partial charge in [0.15, 0.2) is 0 Å². The summed E-state index contributed by atoms with van der Waals surface area (Å²) in [6.45, 7) is 11.3. The fourth-order valence-electron chi connectivity index (χ4n) is 1.29. The van der Waals surface area contributed by atoms with E-state index in [0.717, 1.165) is 5.75 Å². The van der Waals surface area contributed by atoms with Crippen molar-refractivity contribution < 1.29 is 0 Å². The Bertz CT molecular complexity index is 239. The standard InChI is InChI=1S/C8H14B4S/c1-8(2,3)7-9-6(5-13-4)10-12-11-7/h5H2,1-4H3. The monoisotopic (exact) mass is 186 g/mol. The number of rotatable bonds is 2. The minimum atomic E-state index is 0.272. The van der Waals surface area contributed by atoms with Gasteiger partial charge in [0, 0.05) is 0 Å². The zero-order chi connectivity index (χ0) is 9.90. The van der Waals surface area contributed by atoms with Gasteiger partial charge in [-0.3, -0.25) is 0 Å². The van der Waals surface area contributed by atoms with Crippen molar-refractivity contribution in [3.05, 3.63) is 0 Å². The first-order valence-corrected chi connectivity index (χ1v) is 6.02. The van der Waals surface area contributed by atoms with E-state index in [1.165, 1.54) is 10.7 Å². The van der Waals surface area contributed by atoms with Crippen LogP contribution in [-0.4, -0.2) is 50.7 Å². The molecule has 0 amide bonds. The molecule has 0 fully saturated rings. The van der Waals surface area contributed by atoms with Crippen molar-refractivity contribution in [2.75, 3.05) is 12.0 Å². The van der Waals surface area contributed by atoms with E-state index >= 15 is 0 Å². The molecule has 64 valence electrons. The molecular formula is C8H14B4S. The first-order valence-electron chi connectivity index (χ1n) is 4.62. The van der Waals surface area contributed by atoms with Crippen LogP contribution in [0.5, 0.6) is 0 Å². The molecule has 0 saturated heterocycles. The summed E-state index contributed by atoms with van der Waals surface area (Å²) in [4.78, 5) is 0. The molecule has 0 N–H and O–H groups in total. The Hall–Kier alpha value is 0.350. The number of thioether (sulfide) groups is 1. The van der Waals surface area contributed by atoms with E-state index in [0.29, 0.717) is 0 Å². The average Bonchev–Trinajstić information content (AvgIpc) is 2.04. The van der Waals surface area contributed by atoms with Gasteiger partial charge in [0.1, 0.15) is 0 Å². The van der Waals surface area contributed by atoms with Gasteiger partial charge in [0.2, 0.25) is 0 Å². The maximum absolute atomic E-state index is 2.32. The molecule has 0 aromatic carbocycles. The second-order valence-electron chi connectivity index (χ2n) is 4.38. The second-order valence-corrected chi connectivity index (χ2v) is 5.25. The van der Waals surface area contributed by atoms with E-state index < -0.39 is 0 Å². The molecular weight excluding hydrogens is 171 g/mol. The normalized spacial score (nSPS) is 15.7. The van der Waals surface area contributed by atoms with Gasteiger partial charge in [-0.2, -0.15) is 0 Å². The predicted molar refractivity (Wildman–Crippen MR) is 70.9 cm³/mol. The van der Waals surface area contributed by atoms with Crippen molar-refractivity contribution in [2.24, 2.45) is 5.41 Å². The van der Waals surface area contributed by atoms with Gasteiger partial charge < -0.3 is 0 Å². The fraction of sp³-hybridized carbons (Fsp3) is 0.750. The summed E-state index contributed by atoms with van der Waals surface area (Å²) in [5.74, 6) is 1.12. The molecule has 0 unspecified atom stereocenters. The van der Waals surface area contributed by atoms with Crippen LogP contribution in [0.4, 0.5) is 0 Å². The van der Waals surface area contributed by atoms with Crippen LogP contribution in [0.25, 0.3) is 0 Å². The predicted octanol–water partition coefficient (Wildman–Crippen LogP) is 0.316. The first kappa shape index (κ1) is 11.4. The zero-order valence-electron chi connectivity index (χ0n) is 8.92. The van der Waals surface area contributed by atoms with E-state index in [2.05, 4.69) is 55.0 Å². The Morgan fingerprint density at radius 1 is 1.31 bits per heavy atom. The van der Waals surface area contributed by atoms with Gasteiger partial charge in [-0.15, -0.1) is 0 Å². The topological polar surface area (TPSA) is 0 Å². The van der Waals surface area contributed by atoms with Crippen molar-refractivity contribution in [3.63, 3.8) is 0 Å². The van der Waals surface area contributed by atoms with E-state index in [1.54, 1.807) is 0 Å². The summed E-state index contributed by atoms with van der Waals surface area (Å²) in [5, 5.41) is 2.86. The quantitative estimate of drug-likeness (QED) is 0.559. The summed E-state index contributed by atoms with van der Waals surface area (Å²) >= 11 is 1.87. The molecule has 0 aromatic rings. The Kier molecular flexibility index (Phi) is 4.15. The molecule has 0 aromatic heterocycles. The van der Waals surface area contributed by atoms with E-state index in [-0.39, 0.29) is 5.41 Å². The van der Waals surface area contributed by atoms with Crippen LogP contribution in [-0.2, 0) is 0 Å². The molecule has 1 heterocycles. The Morgan fingerprint density at radius 2 is 2.00 bits per heavy atom. The summed E-state index contributed by atoms with van der Waals surface area (Å²) in [5.41, 5.74) is 0.272. The third kappa shape index (κ3) is 3.53. The van der Waals surface area contributed by atoms with Crippen molar-refractivity contribution in [1.29, 1.82) is 0 Å². The van der Waals surface area contributed by atoms with Crippen molar-refractivity contribution in [1.82, 2.24) is 0 Å². The molecule has 0 aliphatic carbocycles. The Labute approximate surface area is 88.9 Å². The summed E-state index contributed by atoms with van der Waals surface area (Å²) in [6, 6.07) is 0. The molecule has 0 saturated carbocycles. The number of hydrogen-bond acceptors (Lipinski definition) is 1. The number of hydrogen-bond donors (Lipinski definition) is 0. The van der Waals surface area contributed by atoms with Crippen LogP contribution in [0.3, 0.4) is 0 Å². The second kappa shape index (κ2) is 4.72. The molecule has 0 spiro atoms. The molecule has 5 heteroatoms. The van der Waals surface area contributed by atoms with Crippen LogP contribution in [0.1, 0.15) is 20.8 Å². The SMILES string of the molecule is CSCC1=B[B][B]C(C(C)(C)C)=B1. The molecule has 1 aliphatic rings. The van der Waals surface area contributed by atoms with Crippen molar-refractivity contribution in [3.8, 4) is 0 Å². The average molecular weight is 186 g/mol. The zero-order valence-corrected chi connectivity index (χ0v) is 9.74. The minimum absolute atomic E-state index is 0.272. The first-order chi connectivity index (χ1) is 6.04. The summed E-state index contributed by atoms with van der Waals surface area (Å²) < 4.78 is 0. The van der Waals surface area contributed by atoms with Crippen LogP contribution in [0.2, 0.25) is 0 Å². The third-order valence-corrected chi connectivity index (χ3v) is 2.73. The van der Waals surface area contributed by atoms with Crippen LogP contribution in [0, 0.1) is 5.41 Å². The van der Waals surface area contributed by atoms with Crippen molar-refractivity contribution in [2.45, 2.75) is 20.8 Å². The third-order valence-electron chi connectivity index (χ3n) is 2.10. The summed E-state index contributed by atoms with van der Waals surface area (Å²) in [6.07, 6.45) is 2.14. The maximum atomic E-state index is 2.32. The molecule has 1 aliphatic heterocycles. The molecule has 1 rings (SSSR count). The van der Waals surface area contributed by atoms with Crippen LogP contribution >= 0.6 is 11.8 Å². The summed E-state index contributed by atoms with van der Waals surface area (Å²) in [7, 11) is 4.37. The van der Waals surface area contributed by atoms with E-state index in [9.17, 15) is 0 Å². The van der Waals surface area contributed by atoms with Crippen LogP contribution < -0.4 is 0 Å². The molecule has 0 nitrogen and oxygen atoms in total. The molecule has 0 bridgehead atoms. The molecule has 0 atom stereocenters. The molecule has 2 radical (unpaired) electrons. The van der Waals surface area contributed by atoms with Gasteiger partial charge in [-0.1, -0.05) is 0 Å². The van der Waals surface area contributed by atoms with Gasteiger partial charge in [0.05, 0.1) is 0 Å². The van der Waals surface area contributed by atoms with Gasteiger partial charge >= 0.3 is 88.6 Å². The van der Waals surface area contributed by atoms with Gasteiger partial charge in [0.25, 0.3) is 0 Å². The van der Waals surface area contributed by atoms with Crippen molar-refractivity contribution >= 4 is 50.5 Å². The van der Waals surface area contributed by atoms with Crippen LogP contribution in [0.15, 0.2) is 0 Å². The van der Waals surface area contributed by atoms with Gasteiger partial charge in [-0.25, -0.2) is 0 Å². The van der Waals surface area contributed by atoms with Gasteiger partial charge in [-0.05, 0) is 0 Å².